The first kappa shape index (κ1) is 35.2. The van der Waals surface area contributed by atoms with Crippen LogP contribution in [0.2, 0.25) is 0 Å². The van der Waals surface area contributed by atoms with Crippen LogP contribution in [-0.2, 0) is 40.6 Å². The zero-order valence-electron chi connectivity index (χ0n) is 15.6. The molecule has 3 aromatic rings. The average molecular weight is 546 g/mol. The van der Waals surface area contributed by atoms with Crippen LogP contribution in [0.25, 0.3) is 0 Å². The van der Waals surface area contributed by atoms with Crippen molar-refractivity contribution >= 4 is 30.7 Å². The molecule has 0 bridgehead atoms. The van der Waals surface area contributed by atoms with Gasteiger partial charge in [-0.05, 0) is 0 Å². The second kappa shape index (κ2) is 28.9. The van der Waals surface area contributed by atoms with Crippen molar-refractivity contribution in [3.8, 4) is 0 Å². The summed E-state index contributed by atoms with van der Waals surface area (Å²) in [6.45, 7) is 22.5. The van der Waals surface area contributed by atoms with Gasteiger partial charge in [-0.25, -0.2) is 0 Å². The van der Waals surface area contributed by atoms with Crippen LogP contribution in [0.4, 0.5) is 0 Å². The van der Waals surface area contributed by atoms with Crippen LogP contribution in [-0.4, -0.2) is 20.2 Å². The molecule has 30 heavy (non-hydrogen) atoms. The van der Waals surface area contributed by atoms with E-state index in [-0.39, 0.29) is 17.4 Å². The number of benzene rings is 3. The normalized spacial score (nSPS) is 7.03. The predicted molar refractivity (Wildman–Crippen MR) is 105 cm³/mol. The third-order valence-corrected chi connectivity index (χ3v) is 11.0. The molecule has 0 amide bonds. The second-order valence-corrected chi connectivity index (χ2v) is 11.6. The molecule has 0 aliphatic carbocycles. The Balaban J connectivity index is -0.000000271. The Bertz CT molecular complexity index is 716. The van der Waals surface area contributed by atoms with Crippen molar-refractivity contribution in [2.24, 2.45) is 0 Å². The van der Waals surface area contributed by atoms with E-state index in [2.05, 4.69) is 124 Å². The third-order valence-electron chi connectivity index (χ3n) is 3.19. The topological polar surface area (TPSA) is 99.5 Å². The molecule has 3 rings (SSSR count). The molecule has 0 N–H and O–H groups in total. The molecule has 0 heterocycles. The van der Waals surface area contributed by atoms with Gasteiger partial charge in [-0.15, -0.1) is 0 Å². The summed E-state index contributed by atoms with van der Waals surface area (Å²) in [5, 5.41) is 0. The van der Waals surface area contributed by atoms with Gasteiger partial charge in [0.2, 0.25) is 0 Å². The maximum absolute atomic E-state index is 7.50. The van der Waals surface area contributed by atoms with E-state index in [1.54, 1.807) is 0 Å². The van der Waals surface area contributed by atoms with Gasteiger partial charge in [0.25, 0.3) is 0 Å². The fraction of sp³-hybridized carbons (Fsp3) is 0. The Morgan fingerprint density at radius 3 is 0.700 bits per heavy atom. The molecule has 0 aromatic heterocycles. The molecule has 0 atom stereocenters. The fourth-order valence-corrected chi connectivity index (χ4v) is 9.67. The summed E-state index contributed by atoms with van der Waals surface area (Å²) in [4.78, 5) is 0. The van der Waals surface area contributed by atoms with Crippen molar-refractivity contribution in [2.75, 3.05) is 0 Å². The summed E-state index contributed by atoms with van der Waals surface area (Å²) in [5.74, 6) is 0. The molecule has 2 radical (unpaired) electrons. The Kier molecular flexibility index (Phi) is 33.9. The summed E-state index contributed by atoms with van der Waals surface area (Å²) in [6, 6.07) is 32.9. The van der Waals surface area contributed by atoms with E-state index >= 15 is 0 Å². The predicted octanol–water partition coefficient (Wildman–Crippen LogP) is 1.75. The second-order valence-electron chi connectivity index (χ2n) is 4.47. The molecule has 0 saturated heterocycles. The fourth-order valence-electron chi connectivity index (χ4n) is 2.31. The van der Waals surface area contributed by atoms with Crippen LogP contribution < -0.4 is 10.5 Å². The van der Waals surface area contributed by atoms with Crippen LogP contribution in [0.15, 0.2) is 91.0 Å². The van der Waals surface area contributed by atoms with Crippen molar-refractivity contribution in [2.45, 2.75) is 0 Å². The monoisotopic (exact) mass is 545 g/mol. The molecule has 0 aliphatic heterocycles. The molecular formula is C23H16CrO5Sb+5. The number of hydrogen-bond acceptors (Lipinski definition) is 0. The molecule has 7 heteroatoms. The first-order valence-corrected chi connectivity index (χ1v) is 11.8. The van der Waals surface area contributed by atoms with Gasteiger partial charge in [0.1, 0.15) is 0 Å². The summed E-state index contributed by atoms with van der Waals surface area (Å²) in [7, 11) is 0. The van der Waals surface area contributed by atoms with Crippen molar-refractivity contribution < 1.29 is 40.6 Å². The van der Waals surface area contributed by atoms with E-state index in [9.17, 15) is 0 Å². The Morgan fingerprint density at radius 2 is 0.533 bits per heavy atom. The number of hydrogen-bond donors (Lipinski definition) is 0. The molecule has 0 aliphatic rings. The van der Waals surface area contributed by atoms with E-state index < -0.39 is 20.2 Å². The van der Waals surface area contributed by atoms with Gasteiger partial charge in [-0.3, -0.25) is 0 Å². The van der Waals surface area contributed by atoms with Crippen molar-refractivity contribution in [1.82, 2.24) is 0 Å². The SMILES string of the molecule is [C-]#[O+].[C-]#[O+].[C-]#[O+].[C-]#[O+].[C-]#[O+].[Cr+5].c1cc[c]([SbH]([c]2ccccc2)[c]2ccccc2)cc1. The van der Waals surface area contributed by atoms with Gasteiger partial charge in [0.05, 0.1) is 0 Å². The Hall–Kier alpha value is -2.29. The molecule has 144 valence electrons. The van der Waals surface area contributed by atoms with Crippen LogP contribution >= 0.6 is 0 Å². The van der Waals surface area contributed by atoms with Crippen molar-refractivity contribution in [3.05, 3.63) is 124 Å². The van der Waals surface area contributed by atoms with Crippen LogP contribution in [0.5, 0.6) is 0 Å². The first-order valence-electron chi connectivity index (χ1n) is 7.50. The van der Waals surface area contributed by atoms with E-state index in [0.29, 0.717) is 0 Å². The molecular weight excluding hydrogens is 530 g/mol. The van der Waals surface area contributed by atoms with Gasteiger partial charge in [0, 0.05) is 0 Å². The van der Waals surface area contributed by atoms with E-state index in [0.717, 1.165) is 0 Å². The van der Waals surface area contributed by atoms with Gasteiger partial charge in [-0.2, -0.15) is 0 Å². The summed E-state index contributed by atoms with van der Waals surface area (Å²) in [5.41, 5.74) is 0. The zero-order valence-corrected chi connectivity index (χ0v) is 19.7. The van der Waals surface area contributed by atoms with Crippen molar-refractivity contribution in [1.29, 1.82) is 0 Å². The average Bonchev–Trinajstić information content (AvgIpc) is 2.88. The van der Waals surface area contributed by atoms with Gasteiger partial charge in [-0.1, -0.05) is 0 Å². The van der Waals surface area contributed by atoms with Crippen LogP contribution in [0, 0.1) is 33.3 Å². The quantitative estimate of drug-likeness (QED) is 0.272. The minimum absolute atomic E-state index is 0. The molecule has 0 saturated carbocycles. The molecule has 0 unspecified atom stereocenters. The zero-order chi connectivity index (χ0) is 22.9. The minimum atomic E-state index is -1.98. The first-order chi connectivity index (χ1) is 14.4. The molecule has 5 nitrogen and oxygen atoms in total. The Labute approximate surface area is 194 Å². The van der Waals surface area contributed by atoms with Crippen molar-refractivity contribution in [3.63, 3.8) is 0 Å². The molecule has 3 aromatic carbocycles. The summed E-state index contributed by atoms with van der Waals surface area (Å²) in [6.07, 6.45) is 0. The summed E-state index contributed by atoms with van der Waals surface area (Å²) < 4.78 is 42.1. The number of rotatable bonds is 3. The van der Waals surface area contributed by atoms with E-state index in [1.807, 2.05) is 0 Å². The molecule has 0 fully saturated rings. The van der Waals surface area contributed by atoms with Gasteiger partial charge < -0.3 is 0 Å². The van der Waals surface area contributed by atoms with E-state index in [1.165, 1.54) is 10.5 Å². The Morgan fingerprint density at radius 1 is 0.367 bits per heavy atom. The van der Waals surface area contributed by atoms with E-state index in [4.69, 9.17) is 23.3 Å². The van der Waals surface area contributed by atoms with Gasteiger partial charge >= 0.3 is 196 Å². The standard InChI is InChI=1S/3C6H5.5CO.Cr.Sb.H/c3*1-2-4-6-5-3-1;5*1-2;;;/h3*1-5H;;;;;;;;/q;;;;;;;;+5;;. The third kappa shape index (κ3) is 13.8. The van der Waals surface area contributed by atoms with Crippen LogP contribution in [0.1, 0.15) is 0 Å². The van der Waals surface area contributed by atoms with Gasteiger partial charge in [0.15, 0.2) is 0 Å². The van der Waals surface area contributed by atoms with Crippen LogP contribution in [0.3, 0.4) is 0 Å². The summed E-state index contributed by atoms with van der Waals surface area (Å²) >= 11 is -1.98. The molecule has 0 spiro atoms. The maximum atomic E-state index is 7.50.